The molecule has 8 nitrogen and oxygen atoms in total. The van der Waals surface area contributed by atoms with Crippen molar-refractivity contribution in [1.82, 2.24) is 4.90 Å². The van der Waals surface area contributed by atoms with Gasteiger partial charge in [0, 0.05) is 36.8 Å². The van der Waals surface area contributed by atoms with Gasteiger partial charge in [-0.15, -0.1) is 0 Å². The van der Waals surface area contributed by atoms with Gasteiger partial charge in [0.15, 0.2) is 0 Å². The minimum atomic E-state index is -0.472. The average molecular weight is 420 g/mol. The zero-order valence-corrected chi connectivity index (χ0v) is 16.8. The summed E-state index contributed by atoms with van der Waals surface area (Å²) in [5, 5.41) is 12.2. The number of carbonyl (C=O) groups excluding carboxylic acids is 1. The Bertz CT molecular complexity index is 886. The lowest BCUT2D eigenvalue weighted by Crippen LogP contribution is -2.40. The van der Waals surface area contributed by atoms with Crippen LogP contribution in [0.5, 0.6) is 5.75 Å². The monoisotopic (exact) mass is 419 g/mol. The highest BCUT2D eigenvalue weighted by Crippen LogP contribution is 2.29. The number of likely N-dealkylation sites (N-methyl/N-ethyl adjacent to an activating group) is 1. The van der Waals surface area contributed by atoms with Crippen molar-refractivity contribution in [2.75, 3.05) is 51.4 Å². The summed E-state index contributed by atoms with van der Waals surface area (Å²) in [6.07, 6.45) is 0. The van der Waals surface area contributed by atoms with Gasteiger partial charge in [0.2, 0.25) is 0 Å². The van der Waals surface area contributed by atoms with E-state index < -0.39 is 4.92 Å². The van der Waals surface area contributed by atoms with Crippen molar-refractivity contribution >= 4 is 28.9 Å². The lowest BCUT2D eigenvalue weighted by molar-refractivity contribution is -0.384. The fraction of sp³-hybridized carbons (Fsp3) is 0.350. The van der Waals surface area contributed by atoms with Crippen molar-refractivity contribution in [3.05, 3.63) is 63.2 Å². The second kappa shape index (κ2) is 9.58. The highest BCUT2D eigenvalue weighted by Gasteiger charge is 2.24. The van der Waals surface area contributed by atoms with Crippen molar-refractivity contribution in [2.45, 2.75) is 0 Å². The quantitative estimate of drug-likeness (QED) is 0.506. The second-order valence-corrected chi connectivity index (χ2v) is 7.03. The summed E-state index contributed by atoms with van der Waals surface area (Å²) in [5.74, 6) is 0.404. The number of benzene rings is 2. The maximum absolute atomic E-state index is 12.6. The second-order valence-electron chi connectivity index (χ2n) is 6.59. The summed E-state index contributed by atoms with van der Waals surface area (Å²) >= 11 is 5.93. The first-order valence-electron chi connectivity index (χ1n) is 9.20. The molecule has 2 aromatic carbocycles. The van der Waals surface area contributed by atoms with E-state index in [0.717, 1.165) is 0 Å². The minimum Gasteiger partial charge on any atom is -0.492 e. The van der Waals surface area contributed by atoms with Crippen LogP contribution < -0.4 is 9.64 Å². The van der Waals surface area contributed by atoms with Crippen LogP contribution in [0.25, 0.3) is 0 Å². The summed E-state index contributed by atoms with van der Waals surface area (Å²) in [4.78, 5) is 27.1. The molecule has 0 radical (unpaired) electrons. The fourth-order valence-electron chi connectivity index (χ4n) is 3.05. The number of hydrogen-bond acceptors (Lipinski definition) is 6. The van der Waals surface area contributed by atoms with E-state index in [0.29, 0.717) is 61.5 Å². The maximum atomic E-state index is 12.6. The van der Waals surface area contributed by atoms with Gasteiger partial charge in [-0.2, -0.15) is 0 Å². The molecule has 0 atom stereocenters. The van der Waals surface area contributed by atoms with Gasteiger partial charge in [-0.3, -0.25) is 14.9 Å². The van der Waals surface area contributed by atoms with E-state index >= 15 is 0 Å². The number of anilines is 1. The molecule has 1 heterocycles. The Morgan fingerprint density at radius 2 is 2.03 bits per heavy atom. The first-order valence-corrected chi connectivity index (χ1v) is 9.58. The standard InChI is InChI=1S/C20H22ClN3O5/c1-22(7-12-29-17-4-2-3-16(21)14-17)18-6-5-15(13-19(18)24(26)27)20(25)23-8-10-28-11-9-23/h2-6,13-14H,7-12H2,1H3. The van der Waals surface area contributed by atoms with E-state index in [1.165, 1.54) is 6.07 Å². The number of rotatable bonds is 7. The van der Waals surface area contributed by atoms with Gasteiger partial charge in [-0.05, 0) is 30.3 Å². The molecule has 1 aliphatic heterocycles. The molecule has 0 saturated carbocycles. The van der Waals surface area contributed by atoms with E-state index in [1.807, 2.05) is 0 Å². The van der Waals surface area contributed by atoms with E-state index in [9.17, 15) is 14.9 Å². The van der Waals surface area contributed by atoms with Crippen LogP contribution in [0.3, 0.4) is 0 Å². The van der Waals surface area contributed by atoms with Crippen molar-refractivity contribution in [3.63, 3.8) is 0 Å². The van der Waals surface area contributed by atoms with E-state index in [1.54, 1.807) is 53.2 Å². The smallest absolute Gasteiger partial charge is 0.293 e. The van der Waals surface area contributed by atoms with Crippen LogP contribution in [-0.2, 0) is 4.74 Å². The number of nitro benzene ring substituents is 1. The molecule has 0 aliphatic carbocycles. The Morgan fingerprint density at radius 1 is 1.28 bits per heavy atom. The number of nitro groups is 1. The molecule has 154 valence electrons. The lowest BCUT2D eigenvalue weighted by atomic mass is 10.1. The third kappa shape index (κ3) is 5.36. The maximum Gasteiger partial charge on any atom is 0.293 e. The Hall–Kier alpha value is -2.84. The van der Waals surface area contributed by atoms with E-state index in [-0.39, 0.29) is 11.6 Å². The topological polar surface area (TPSA) is 85.2 Å². The molecule has 1 fully saturated rings. The fourth-order valence-corrected chi connectivity index (χ4v) is 3.23. The Kier molecular flexibility index (Phi) is 6.90. The van der Waals surface area contributed by atoms with Gasteiger partial charge in [0.1, 0.15) is 18.0 Å². The third-order valence-electron chi connectivity index (χ3n) is 4.62. The van der Waals surface area contributed by atoms with Crippen molar-refractivity contribution in [2.24, 2.45) is 0 Å². The lowest BCUT2D eigenvalue weighted by Gasteiger charge is -2.27. The van der Waals surface area contributed by atoms with Gasteiger partial charge in [-0.25, -0.2) is 0 Å². The van der Waals surface area contributed by atoms with Gasteiger partial charge in [0.05, 0.1) is 24.7 Å². The minimum absolute atomic E-state index is 0.116. The number of morpholine rings is 1. The molecule has 0 unspecified atom stereocenters. The normalized spacial score (nSPS) is 13.8. The van der Waals surface area contributed by atoms with Crippen LogP contribution in [0.4, 0.5) is 11.4 Å². The summed E-state index contributed by atoms with van der Waals surface area (Å²) in [7, 11) is 1.74. The van der Waals surface area contributed by atoms with Gasteiger partial charge in [-0.1, -0.05) is 17.7 Å². The SMILES string of the molecule is CN(CCOc1cccc(Cl)c1)c1ccc(C(=O)N2CCOCC2)cc1[N+](=O)[O-]. The molecule has 1 aliphatic rings. The van der Waals surface area contributed by atoms with Crippen molar-refractivity contribution in [3.8, 4) is 5.75 Å². The summed E-state index contributed by atoms with van der Waals surface area (Å²) < 4.78 is 10.9. The molecule has 0 spiro atoms. The average Bonchev–Trinajstić information content (AvgIpc) is 2.73. The zero-order valence-electron chi connectivity index (χ0n) is 16.0. The molecule has 0 bridgehead atoms. The molecule has 0 aromatic heterocycles. The Morgan fingerprint density at radius 3 is 2.72 bits per heavy atom. The first kappa shape index (κ1) is 20.9. The number of amides is 1. The van der Waals surface area contributed by atoms with Gasteiger partial charge >= 0.3 is 0 Å². The molecule has 1 saturated heterocycles. The van der Waals surface area contributed by atoms with Crippen LogP contribution in [0.1, 0.15) is 10.4 Å². The number of halogens is 1. The van der Waals surface area contributed by atoms with Crippen LogP contribution in [0.2, 0.25) is 5.02 Å². The van der Waals surface area contributed by atoms with E-state index in [4.69, 9.17) is 21.1 Å². The van der Waals surface area contributed by atoms with Crippen LogP contribution in [0.15, 0.2) is 42.5 Å². The molecule has 2 aromatic rings. The number of ether oxygens (including phenoxy) is 2. The zero-order chi connectivity index (χ0) is 20.8. The molecule has 0 N–H and O–H groups in total. The molecule has 1 amide bonds. The summed E-state index contributed by atoms with van der Waals surface area (Å²) in [6.45, 7) is 2.65. The summed E-state index contributed by atoms with van der Waals surface area (Å²) in [5.41, 5.74) is 0.600. The molecule has 3 rings (SSSR count). The molecular weight excluding hydrogens is 398 g/mol. The Balaban J connectivity index is 1.69. The van der Waals surface area contributed by atoms with Gasteiger partial charge < -0.3 is 19.3 Å². The highest BCUT2D eigenvalue weighted by atomic mass is 35.5. The largest absolute Gasteiger partial charge is 0.492 e. The van der Waals surface area contributed by atoms with Crippen molar-refractivity contribution < 1.29 is 19.2 Å². The van der Waals surface area contributed by atoms with Crippen molar-refractivity contribution in [1.29, 1.82) is 0 Å². The van der Waals surface area contributed by atoms with Crippen LogP contribution in [0, 0.1) is 10.1 Å². The first-order chi connectivity index (χ1) is 14.0. The number of hydrogen-bond donors (Lipinski definition) is 0. The number of nitrogens with zero attached hydrogens (tertiary/aromatic N) is 3. The number of carbonyl (C=O) groups is 1. The molecule has 9 heteroatoms. The predicted octanol–water partition coefficient (Wildman–Crippen LogP) is 3.24. The van der Waals surface area contributed by atoms with Crippen LogP contribution in [-0.4, -0.2) is 62.2 Å². The summed E-state index contributed by atoms with van der Waals surface area (Å²) in [6, 6.07) is 11.6. The third-order valence-corrected chi connectivity index (χ3v) is 4.86. The Labute approximate surface area is 173 Å². The van der Waals surface area contributed by atoms with Crippen LogP contribution >= 0.6 is 11.6 Å². The van der Waals surface area contributed by atoms with Gasteiger partial charge in [0.25, 0.3) is 11.6 Å². The molecular formula is C20H22ClN3O5. The molecule has 29 heavy (non-hydrogen) atoms. The highest BCUT2D eigenvalue weighted by molar-refractivity contribution is 6.30. The predicted molar refractivity (Wildman–Crippen MR) is 110 cm³/mol. The van der Waals surface area contributed by atoms with E-state index in [2.05, 4.69) is 0 Å².